The molecule has 0 fully saturated rings. The van der Waals surface area contributed by atoms with Crippen LogP contribution >= 0.6 is 15.9 Å². The number of nitrogen functional groups attached to an aromatic ring is 1. The Kier molecular flexibility index (Phi) is 4.73. The fraction of sp³-hybridized carbons (Fsp3) is 0.273. The molecule has 98 valence electrons. The number of sulfonamides is 1. The summed E-state index contributed by atoms with van der Waals surface area (Å²) in [4.78, 5) is -0.502. The summed E-state index contributed by atoms with van der Waals surface area (Å²) in [5.41, 5.74) is 5.64. The van der Waals surface area contributed by atoms with Crippen molar-refractivity contribution in [2.75, 3.05) is 5.73 Å². The first-order valence-corrected chi connectivity index (χ1v) is 7.26. The number of rotatable bonds is 4. The smallest absolute Gasteiger partial charge is 0.243 e. The molecule has 1 rings (SSSR count). The summed E-state index contributed by atoms with van der Waals surface area (Å²) in [6, 6.07) is 1.86. The molecule has 0 radical (unpaired) electrons. The zero-order valence-corrected chi connectivity index (χ0v) is 12.0. The Bertz CT molecular complexity index is 596. The largest absolute Gasteiger partial charge is 0.399 e. The second-order valence-electron chi connectivity index (χ2n) is 3.75. The monoisotopic (exact) mass is 334 g/mol. The molecule has 1 unspecified atom stereocenters. The number of anilines is 1. The fourth-order valence-electron chi connectivity index (χ4n) is 1.33. The van der Waals surface area contributed by atoms with Gasteiger partial charge >= 0.3 is 0 Å². The van der Waals surface area contributed by atoms with Crippen molar-refractivity contribution in [2.45, 2.75) is 24.3 Å². The van der Waals surface area contributed by atoms with Crippen LogP contribution in [0, 0.1) is 18.2 Å². The van der Waals surface area contributed by atoms with E-state index in [1.54, 1.807) is 6.92 Å². The van der Waals surface area contributed by atoms with Crippen molar-refractivity contribution in [2.24, 2.45) is 0 Å². The van der Waals surface area contributed by atoms with Gasteiger partial charge in [-0.2, -0.15) is 0 Å². The molecule has 0 heterocycles. The maximum Gasteiger partial charge on any atom is 0.243 e. The van der Waals surface area contributed by atoms with Gasteiger partial charge in [-0.1, -0.05) is 0 Å². The van der Waals surface area contributed by atoms with Gasteiger partial charge in [0.05, 0.1) is 4.47 Å². The van der Waals surface area contributed by atoms with Crippen molar-refractivity contribution in [3.05, 3.63) is 22.4 Å². The highest BCUT2D eigenvalue weighted by molar-refractivity contribution is 9.10. The molecule has 0 saturated heterocycles. The van der Waals surface area contributed by atoms with Crippen LogP contribution in [0.25, 0.3) is 0 Å². The third kappa shape index (κ3) is 3.45. The number of terminal acetylenes is 1. The van der Waals surface area contributed by atoms with Crippen LogP contribution in [0.5, 0.6) is 0 Å². The average Bonchev–Trinajstić information content (AvgIpc) is 2.22. The van der Waals surface area contributed by atoms with Gasteiger partial charge in [0.25, 0.3) is 0 Å². The Morgan fingerprint density at radius 3 is 2.78 bits per heavy atom. The first-order valence-electron chi connectivity index (χ1n) is 4.98. The second kappa shape index (κ2) is 5.69. The molecule has 18 heavy (non-hydrogen) atoms. The number of hydrogen-bond donors (Lipinski definition) is 2. The van der Waals surface area contributed by atoms with E-state index in [-0.39, 0.29) is 16.6 Å². The molecule has 0 aliphatic carbocycles. The highest BCUT2D eigenvalue weighted by Crippen LogP contribution is 2.26. The molecule has 0 aliphatic heterocycles. The van der Waals surface area contributed by atoms with E-state index in [0.29, 0.717) is 0 Å². The maximum absolute atomic E-state index is 13.8. The molecule has 1 aromatic carbocycles. The van der Waals surface area contributed by atoms with Crippen LogP contribution < -0.4 is 10.5 Å². The molecule has 0 spiro atoms. The van der Waals surface area contributed by atoms with E-state index < -0.39 is 26.8 Å². The molecular formula is C11H12BrFN2O2S. The zero-order valence-electron chi connectivity index (χ0n) is 9.57. The zero-order chi connectivity index (χ0) is 13.9. The van der Waals surface area contributed by atoms with E-state index in [4.69, 9.17) is 12.2 Å². The maximum atomic E-state index is 13.8. The Hall–Kier alpha value is -1.10. The summed E-state index contributed by atoms with van der Waals surface area (Å²) in [7, 11) is -3.99. The molecule has 0 aromatic heterocycles. The second-order valence-corrected chi connectivity index (χ2v) is 6.28. The highest BCUT2D eigenvalue weighted by atomic mass is 79.9. The summed E-state index contributed by atoms with van der Waals surface area (Å²) in [6.45, 7) is 1.59. The van der Waals surface area contributed by atoms with Gasteiger partial charge in [-0.3, -0.25) is 0 Å². The first-order chi connectivity index (χ1) is 8.27. The van der Waals surface area contributed by atoms with Crippen molar-refractivity contribution in [1.82, 2.24) is 4.72 Å². The van der Waals surface area contributed by atoms with Crippen molar-refractivity contribution < 1.29 is 12.8 Å². The Morgan fingerprint density at radius 1 is 1.61 bits per heavy atom. The van der Waals surface area contributed by atoms with Crippen molar-refractivity contribution in [3.63, 3.8) is 0 Å². The summed E-state index contributed by atoms with van der Waals surface area (Å²) in [5.74, 6) is 1.44. The van der Waals surface area contributed by atoms with E-state index in [9.17, 15) is 12.8 Å². The number of nitrogens with two attached hydrogens (primary N) is 1. The van der Waals surface area contributed by atoms with Crippen LogP contribution in [-0.4, -0.2) is 14.5 Å². The van der Waals surface area contributed by atoms with E-state index in [1.807, 2.05) is 0 Å². The molecule has 7 heteroatoms. The SMILES string of the molecule is C#CCC(C)NS(=O)(=O)c1cc(N)cc(Br)c1F. The molecule has 0 amide bonds. The summed E-state index contributed by atoms with van der Waals surface area (Å²) < 4.78 is 39.9. The quantitative estimate of drug-likeness (QED) is 0.652. The predicted molar refractivity (Wildman–Crippen MR) is 71.7 cm³/mol. The number of halogens is 2. The summed E-state index contributed by atoms with van der Waals surface area (Å²) >= 11 is 2.91. The number of nitrogens with one attached hydrogen (secondary N) is 1. The van der Waals surface area contributed by atoms with E-state index in [1.165, 1.54) is 6.07 Å². The van der Waals surface area contributed by atoms with Gasteiger partial charge in [0.1, 0.15) is 4.90 Å². The van der Waals surface area contributed by atoms with Crippen LogP contribution in [-0.2, 0) is 10.0 Å². The lowest BCUT2D eigenvalue weighted by molar-refractivity contribution is 0.543. The number of benzene rings is 1. The van der Waals surface area contributed by atoms with Crippen LogP contribution in [0.3, 0.4) is 0 Å². The Labute approximate surface area is 114 Å². The highest BCUT2D eigenvalue weighted by Gasteiger charge is 2.23. The average molecular weight is 335 g/mol. The molecule has 4 nitrogen and oxygen atoms in total. The lowest BCUT2D eigenvalue weighted by Crippen LogP contribution is -2.33. The molecule has 0 bridgehead atoms. The molecule has 0 aliphatic rings. The summed E-state index contributed by atoms with van der Waals surface area (Å²) in [5, 5.41) is 0. The van der Waals surface area contributed by atoms with Crippen LogP contribution in [0.1, 0.15) is 13.3 Å². The molecule has 1 atom stereocenters. The first kappa shape index (κ1) is 15.0. The van der Waals surface area contributed by atoms with E-state index in [0.717, 1.165) is 6.07 Å². The minimum atomic E-state index is -3.99. The van der Waals surface area contributed by atoms with Gasteiger partial charge in [-0.15, -0.1) is 12.3 Å². The fourth-order valence-corrected chi connectivity index (χ4v) is 3.31. The normalized spacial score (nSPS) is 13.0. The van der Waals surface area contributed by atoms with Crippen molar-refractivity contribution >= 4 is 31.6 Å². The molecule has 0 saturated carbocycles. The van der Waals surface area contributed by atoms with E-state index in [2.05, 4.69) is 26.6 Å². The molecule has 3 N–H and O–H groups in total. The third-order valence-corrected chi connectivity index (χ3v) is 4.25. The van der Waals surface area contributed by atoms with Crippen molar-refractivity contribution in [3.8, 4) is 12.3 Å². The van der Waals surface area contributed by atoms with Gasteiger partial charge in [-0.25, -0.2) is 17.5 Å². The van der Waals surface area contributed by atoms with E-state index >= 15 is 0 Å². The standard InChI is InChI=1S/C11H12BrFN2O2S/c1-3-4-7(2)15-18(16,17)10-6-8(14)5-9(12)11(10)13/h1,5-7,15H,4,14H2,2H3. The topological polar surface area (TPSA) is 72.2 Å². The third-order valence-electron chi connectivity index (χ3n) is 2.09. The van der Waals surface area contributed by atoms with Crippen LogP contribution in [0.4, 0.5) is 10.1 Å². The lowest BCUT2D eigenvalue weighted by atomic mass is 10.3. The Balaban J connectivity index is 3.18. The van der Waals surface area contributed by atoms with Crippen molar-refractivity contribution in [1.29, 1.82) is 0 Å². The lowest BCUT2D eigenvalue weighted by Gasteiger charge is -2.13. The minimum absolute atomic E-state index is 0.00696. The Morgan fingerprint density at radius 2 is 2.22 bits per heavy atom. The predicted octanol–water partition coefficient (Wildman–Crippen LogP) is 1.86. The molecular weight excluding hydrogens is 323 g/mol. The minimum Gasteiger partial charge on any atom is -0.399 e. The van der Waals surface area contributed by atoms with Gasteiger partial charge in [0, 0.05) is 18.2 Å². The molecule has 1 aromatic rings. The van der Waals surface area contributed by atoms with Crippen LogP contribution in [0.2, 0.25) is 0 Å². The van der Waals surface area contributed by atoms with Gasteiger partial charge in [0.15, 0.2) is 5.82 Å². The van der Waals surface area contributed by atoms with Crippen LogP contribution in [0.15, 0.2) is 21.5 Å². The van der Waals surface area contributed by atoms with Gasteiger partial charge in [-0.05, 0) is 35.0 Å². The van der Waals surface area contributed by atoms with Gasteiger partial charge < -0.3 is 5.73 Å². The number of hydrogen-bond acceptors (Lipinski definition) is 3. The van der Waals surface area contributed by atoms with Gasteiger partial charge in [0.2, 0.25) is 10.0 Å². The summed E-state index contributed by atoms with van der Waals surface area (Å²) in [6.07, 6.45) is 5.29.